The molecule has 1 heterocycles. The van der Waals surface area contributed by atoms with E-state index < -0.39 is 23.9 Å². The van der Waals surface area contributed by atoms with Crippen LogP contribution in [0.5, 0.6) is 0 Å². The molecule has 0 saturated heterocycles. The lowest BCUT2D eigenvalue weighted by atomic mass is 9.92. The Hall–Kier alpha value is -4.70. The van der Waals surface area contributed by atoms with Crippen LogP contribution in [0.2, 0.25) is 5.02 Å². The van der Waals surface area contributed by atoms with Crippen LogP contribution in [-0.2, 0) is 27.3 Å². The molecule has 4 rings (SSSR count). The molecule has 43 heavy (non-hydrogen) atoms. The number of nitrogens with two attached hydrogens (primary N) is 2. The number of fused-ring (bicyclic) bond motifs is 1. The van der Waals surface area contributed by atoms with E-state index in [-0.39, 0.29) is 56.4 Å². The van der Waals surface area contributed by atoms with Crippen molar-refractivity contribution in [2.24, 2.45) is 16.5 Å². The fourth-order valence-electron chi connectivity index (χ4n) is 4.96. The fourth-order valence-corrected chi connectivity index (χ4v) is 5.08. The summed E-state index contributed by atoms with van der Waals surface area (Å²) in [5.41, 5.74) is 14.6. The number of guanidine groups is 1. The van der Waals surface area contributed by atoms with E-state index in [0.717, 1.165) is 16.7 Å². The number of ketones is 1. The summed E-state index contributed by atoms with van der Waals surface area (Å²) in [5, 5.41) is 6.20. The molecule has 0 aromatic heterocycles. The number of Topliss-reactive ketones (excluding diaryl/α,β-unsaturated/α-hetero) is 1. The second kappa shape index (κ2) is 14.5. The Bertz CT molecular complexity index is 1520. The monoisotopic (exact) mass is 602 g/mol. The molecule has 3 amide bonds. The summed E-state index contributed by atoms with van der Waals surface area (Å²) in [6.07, 6.45) is 0.341. The average Bonchev–Trinajstić information content (AvgIpc) is 3.00. The molecule has 0 unspecified atom stereocenters. The number of aliphatic imine (C=N–C) groups is 1. The minimum Gasteiger partial charge on any atom is -0.370 e. The molecule has 0 radical (unpaired) electrons. The van der Waals surface area contributed by atoms with Gasteiger partial charge in [0.15, 0.2) is 11.7 Å². The number of benzene rings is 3. The molecule has 2 atom stereocenters. The number of nitrogens with one attached hydrogen (secondary N) is 2. The van der Waals surface area contributed by atoms with E-state index in [1.165, 1.54) is 4.90 Å². The fraction of sp³-hybridized carbons (Fsp3) is 0.281. The van der Waals surface area contributed by atoms with Gasteiger partial charge in [-0.3, -0.25) is 24.2 Å². The van der Waals surface area contributed by atoms with Crippen LogP contribution < -0.4 is 22.1 Å². The van der Waals surface area contributed by atoms with Gasteiger partial charge in [0.25, 0.3) is 0 Å². The number of hydrogen-bond donors (Lipinski definition) is 4. The van der Waals surface area contributed by atoms with Crippen LogP contribution in [0.4, 0.5) is 5.69 Å². The highest BCUT2D eigenvalue weighted by Gasteiger charge is 2.36. The average molecular weight is 603 g/mol. The zero-order valence-corrected chi connectivity index (χ0v) is 24.6. The molecule has 0 fully saturated rings. The van der Waals surface area contributed by atoms with Gasteiger partial charge in [-0.2, -0.15) is 0 Å². The Morgan fingerprint density at radius 2 is 1.67 bits per heavy atom. The summed E-state index contributed by atoms with van der Waals surface area (Å²) in [6, 6.07) is 19.5. The van der Waals surface area contributed by atoms with E-state index in [1.54, 1.807) is 42.5 Å². The van der Waals surface area contributed by atoms with Crippen molar-refractivity contribution < 1.29 is 19.2 Å². The molecule has 3 aromatic carbocycles. The molecule has 1 aliphatic rings. The SMILES string of the molecule is Cc1cc(NC(=O)[C@H](CCN=C(N)N)NC(=O)[C@@H]2Cc3ccccc3CN2C(=O)CCC(=O)c2ccccc2)ccc1Cl. The number of aryl methyl sites for hydroxylation is 1. The van der Waals surface area contributed by atoms with Gasteiger partial charge in [0.2, 0.25) is 17.7 Å². The quantitative estimate of drug-likeness (QED) is 0.150. The van der Waals surface area contributed by atoms with Crippen molar-refractivity contribution >= 4 is 46.8 Å². The van der Waals surface area contributed by atoms with Gasteiger partial charge < -0.3 is 27.0 Å². The van der Waals surface area contributed by atoms with Crippen LogP contribution in [0.15, 0.2) is 77.8 Å². The van der Waals surface area contributed by atoms with Gasteiger partial charge in [0.1, 0.15) is 12.1 Å². The predicted molar refractivity (Wildman–Crippen MR) is 167 cm³/mol. The van der Waals surface area contributed by atoms with Gasteiger partial charge in [-0.1, -0.05) is 66.2 Å². The maximum atomic E-state index is 13.8. The first-order valence-electron chi connectivity index (χ1n) is 14.0. The van der Waals surface area contributed by atoms with Gasteiger partial charge in [-0.25, -0.2) is 0 Å². The molecule has 10 nitrogen and oxygen atoms in total. The van der Waals surface area contributed by atoms with Gasteiger partial charge in [0.05, 0.1) is 0 Å². The third-order valence-electron chi connectivity index (χ3n) is 7.30. The van der Waals surface area contributed by atoms with Gasteiger partial charge in [0, 0.05) is 48.6 Å². The Balaban J connectivity index is 1.52. The summed E-state index contributed by atoms with van der Waals surface area (Å²) in [4.78, 5) is 58.7. The van der Waals surface area contributed by atoms with Crippen molar-refractivity contribution in [3.05, 3.63) is 100 Å². The number of carbonyl (C=O) groups is 4. The number of anilines is 1. The number of carbonyl (C=O) groups excluding carboxylic acids is 4. The first-order valence-corrected chi connectivity index (χ1v) is 14.4. The standard InChI is InChI=1S/C32H35ClN6O4/c1-20-17-24(11-12-25(20)33)37-30(42)26(15-16-36-32(34)35)38-31(43)27-18-22-9-5-6-10-23(22)19-39(27)29(41)14-13-28(40)21-7-3-2-4-8-21/h2-12,17,26-27H,13-16,18-19H2,1H3,(H,37,42)(H,38,43)(H4,34,35,36)/t26-,27-/m0/s1. The minimum absolute atomic E-state index is 0.0133. The van der Waals surface area contributed by atoms with Crippen molar-refractivity contribution in [3.8, 4) is 0 Å². The molecule has 0 saturated carbocycles. The summed E-state index contributed by atoms with van der Waals surface area (Å²) in [5.74, 6) is -1.57. The lowest BCUT2D eigenvalue weighted by molar-refractivity contribution is -0.142. The van der Waals surface area contributed by atoms with Crippen LogP contribution >= 0.6 is 11.6 Å². The normalized spacial score (nSPS) is 14.7. The van der Waals surface area contributed by atoms with Gasteiger partial charge in [-0.15, -0.1) is 0 Å². The second-order valence-electron chi connectivity index (χ2n) is 10.4. The van der Waals surface area contributed by atoms with Crippen molar-refractivity contribution in [2.75, 3.05) is 11.9 Å². The highest BCUT2D eigenvalue weighted by atomic mass is 35.5. The van der Waals surface area contributed by atoms with E-state index in [2.05, 4.69) is 15.6 Å². The van der Waals surface area contributed by atoms with Crippen LogP contribution in [0.1, 0.15) is 46.3 Å². The zero-order chi connectivity index (χ0) is 30.9. The van der Waals surface area contributed by atoms with E-state index >= 15 is 0 Å². The molecule has 3 aromatic rings. The first kappa shape index (κ1) is 31.2. The lowest BCUT2D eigenvalue weighted by Crippen LogP contribution is -2.56. The third kappa shape index (κ3) is 8.42. The summed E-state index contributed by atoms with van der Waals surface area (Å²) < 4.78 is 0. The Morgan fingerprint density at radius 3 is 2.37 bits per heavy atom. The van der Waals surface area contributed by atoms with Crippen LogP contribution in [0.3, 0.4) is 0 Å². The van der Waals surface area contributed by atoms with Gasteiger partial charge in [-0.05, 0) is 48.2 Å². The molecular weight excluding hydrogens is 568 g/mol. The van der Waals surface area contributed by atoms with Gasteiger partial charge >= 0.3 is 0 Å². The molecule has 11 heteroatoms. The molecule has 6 N–H and O–H groups in total. The van der Waals surface area contributed by atoms with Crippen molar-refractivity contribution in [1.29, 1.82) is 0 Å². The van der Waals surface area contributed by atoms with E-state index in [4.69, 9.17) is 23.1 Å². The topological polar surface area (TPSA) is 160 Å². The maximum absolute atomic E-state index is 13.8. The van der Waals surface area contributed by atoms with E-state index in [0.29, 0.717) is 16.3 Å². The highest BCUT2D eigenvalue weighted by molar-refractivity contribution is 6.31. The highest BCUT2D eigenvalue weighted by Crippen LogP contribution is 2.25. The molecule has 0 aliphatic carbocycles. The Kier molecular flexibility index (Phi) is 10.5. The summed E-state index contributed by atoms with van der Waals surface area (Å²) >= 11 is 6.12. The molecule has 0 spiro atoms. The third-order valence-corrected chi connectivity index (χ3v) is 7.73. The number of hydrogen-bond acceptors (Lipinski definition) is 5. The second-order valence-corrected chi connectivity index (χ2v) is 10.8. The van der Waals surface area contributed by atoms with E-state index in [9.17, 15) is 19.2 Å². The number of nitrogens with zero attached hydrogens (tertiary/aromatic N) is 2. The van der Waals surface area contributed by atoms with E-state index in [1.807, 2.05) is 37.3 Å². The minimum atomic E-state index is -1.000. The Morgan fingerprint density at radius 1 is 0.977 bits per heavy atom. The Labute approximate surface area is 255 Å². The smallest absolute Gasteiger partial charge is 0.247 e. The van der Waals surface area contributed by atoms with Crippen molar-refractivity contribution in [3.63, 3.8) is 0 Å². The molecule has 1 aliphatic heterocycles. The van der Waals surface area contributed by atoms with Crippen molar-refractivity contribution in [1.82, 2.24) is 10.2 Å². The first-order chi connectivity index (χ1) is 20.6. The van der Waals surface area contributed by atoms with Crippen LogP contribution in [-0.4, -0.2) is 53.0 Å². The molecule has 0 bridgehead atoms. The largest absolute Gasteiger partial charge is 0.370 e. The molecular formula is C32H35ClN6O4. The number of halogens is 1. The lowest BCUT2D eigenvalue weighted by Gasteiger charge is -2.36. The summed E-state index contributed by atoms with van der Waals surface area (Å²) in [6.45, 7) is 2.12. The predicted octanol–water partition coefficient (Wildman–Crippen LogP) is 3.35. The number of amides is 3. The maximum Gasteiger partial charge on any atom is 0.247 e. The van der Waals surface area contributed by atoms with Crippen LogP contribution in [0.25, 0.3) is 0 Å². The van der Waals surface area contributed by atoms with Crippen LogP contribution in [0, 0.1) is 6.92 Å². The van der Waals surface area contributed by atoms with Crippen molar-refractivity contribution in [2.45, 2.75) is 51.2 Å². The molecule has 224 valence electrons. The summed E-state index contributed by atoms with van der Waals surface area (Å²) in [7, 11) is 0. The zero-order valence-electron chi connectivity index (χ0n) is 23.9. The number of rotatable bonds is 11.